The van der Waals surface area contributed by atoms with Gasteiger partial charge in [-0.25, -0.2) is 9.78 Å². The molecule has 0 unspecified atom stereocenters. The summed E-state index contributed by atoms with van der Waals surface area (Å²) in [6, 6.07) is 4.98. The van der Waals surface area contributed by atoms with Crippen molar-refractivity contribution in [3.05, 3.63) is 23.4 Å². The molecule has 5 heteroatoms. The predicted molar refractivity (Wildman–Crippen MR) is 59.2 cm³/mol. The first-order valence-corrected chi connectivity index (χ1v) is 4.85. The van der Waals surface area contributed by atoms with Crippen LogP contribution in [0.1, 0.15) is 23.0 Å². The van der Waals surface area contributed by atoms with Crippen LogP contribution in [0, 0.1) is 11.3 Å². The molecule has 0 bridgehead atoms. The molecular weight excluding hydrogens is 206 g/mol. The van der Waals surface area contributed by atoms with E-state index in [1.807, 2.05) is 6.07 Å². The maximum Gasteiger partial charge on any atom is 0.341 e. The number of pyridine rings is 1. The lowest BCUT2D eigenvalue weighted by atomic mass is 10.2. The molecule has 0 spiro atoms. The third-order valence-corrected chi connectivity index (χ3v) is 1.91. The van der Waals surface area contributed by atoms with Crippen molar-refractivity contribution in [2.45, 2.75) is 6.92 Å². The van der Waals surface area contributed by atoms with Crippen LogP contribution < -0.4 is 4.90 Å². The van der Waals surface area contributed by atoms with E-state index in [2.05, 4.69) is 4.98 Å². The SMILES string of the molecule is CCOC(=O)c1ccc(C#N)nc1N(C)C. The molecule has 0 saturated carbocycles. The normalized spacial score (nSPS) is 9.38. The van der Waals surface area contributed by atoms with E-state index in [9.17, 15) is 4.79 Å². The van der Waals surface area contributed by atoms with E-state index in [0.717, 1.165) is 0 Å². The second-order valence-electron chi connectivity index (χ2n) is 3.29. The van der Waals surface area contributed by atoms with Gasteiger partial charge in [0.05, 0.1) is 6.61 Å². The summed E-state index contributed by atoms with van der Waals surface area (Å²) < 4.78 is 4.90. The fraction of sp³-hybridized carbons (Fsp3) is 0.364. The first kappa shape index (κ1) is 12.0. The lowest BCUT2D eigenvalue weighted by Crippen LogP contribution is -2.17. The van der Waals surface area contributed by atoms with E-state index in [4.69, 9.17) is 10.00 Å². The predicted octanol–water partition coefficient (Wildman–Crippen LogP) is 1.20. The zero-order chi connectivity index (χ0) is 12.1. The highest BCUT2D eigenvalue weighted by atomic mass is 16.5. The number of nitriles is 1. The summed E-state index contributed by atoms with van der Waals surface area (Å²) in [7, 11) is 3.51. The number of aromatic nitrogens is 1. The quantitative estimate of drug-likeness (QED) is 0.714. The lowest BCUT2D eigenvalue weighted by molar-refractivity contribution is 0.0526. The van der Waals surface area contributed by atoms with Gasteiger partial charge >= 0.3 is 5.97 Å². The Bertz CT molecular complexity index is 435. The second kappa shape index (κ2) is 5.12. The van der Waals surface area contributed by atoms with Gasteiger partial charge in [0.15, 0.2) is 0 Å². The largest absolute Gasteiger partial charge is 0.462 e. The Morgan fingerprint density at radius 1 is 1.56 bits per heavy atom. The van der Waals surface area contributed by atoms with E-state index in [1.165, 1.54) is 6.07 Å². The van der Waals surface area contributed by atoms with Gasteiger partial charge in [0.2, 0.25) is 0 Å². The molecule has 0 aliphatic carbocycles. The van der Waals surface area contributed by atoms with Crippen molar-refractivity contribution in [2.75, 3.05) is 25.6 Å². The van der Waals surface area contributed by atoms with Crippen LogP contribution in [0.15, 0.2) is 12.1 Å². The Balaban J connectivity index is 3.19. The van der Waals surface area contributed by atoms with Crippen molar-refractivity contribution in [3.8, 4) is 6.07 Å². The zero-order valence-electron chi connectivity index (χ0n) is 9.52. The number of hydrogen-bond donors (Lipinski definition) is 0. The second-order valence-corrected chi connectivity index (χ2v) is 3.29. The van der Waals surface area contributed by atoms with Crippen LogP contribution in [0.5, 0.6) is 0 Å². The Morgan fingerprint density at radius 3 is 2.75 bits per heavy atom. The molecule has 0 saturated heterocycles. The van der Waals surface area contributed by atoms with Gasteiger partial charge in [-0.1, -0.05) is 0 Å². The number of carbonyl (C=O) groups is 1. The number of anilines is 1. The molecule has 0 aliphatic rings. The van der Waals surface area contributed by atoms with Crippen LogP contribution >= 0.6 is 0 Å². The molecule has 0 atom stereocenters. The van der Waals surface area contributed by atoms with Crippen molar-refractivity contribution in [3.63, 3.8) is 0 Å². The zero-order valence-corrected chi connectivity index (χ0v) is 9.52. The molecule has 0 amide bonds. The van der Waals surface area contributed by atoms with Crippen LogP contribution in [-0.2, 0) is 4.74 Å². The fourth-order valence-electron chi connectivity index (χ4n) is 1.22. The number of nitrogens with zero attached hydrogens (tertiary/aromatic N) is 3. The summed E-state index contributed by atoms with van der Waals surface area (Å²) in [5.41, 5.74) is 0.641. The molecule has 16 heavy (non-hydrogen) atoms. The third kappa shape index (κ3) is 2.48. The summed E-state index contributed by atoms with van der Waals surface area (Å²) in [5.74, 6) is 0.0145. The summed E-state index contributed by atoms with van der Waals surface area (Å²) in [6.07, 6.45) is 0. The number of carbonyl (C=O) groups excluding carboxylic acids is 1. The topological polar surface area (TPSA) is 66.2 Å². The minimum absolute atomic E-state index is 0.275. The Hall–Kier alpha value is -2.09. The smallest absolute Gasteiger partial charge is 0.341 e. The average molecular weight is 219 g/mol. The van der Waals surface area contributed by atoms with Crippen LogP contribution in [0.2, 0.25) is 0 Å². The van der Waals surface area contributed by atoms with E-state index in [-0.39, 0.29) is 5.69 Å². The monoisotopic (exact) mass is 219 g/mol. The van der Waals surface area contributed by atoms with Crippen molar-refractivity contribution in [1.29, 1.82) is 5.26 Å². The molecule has 0 aromatic carbocycles. The van der Waals surface area contributed by atoms with Gasteiger partial charge < -0.3 is 9.64 Å². The molecule has 84 valence electrons. The Morgan fingerprint density at radius 2 is 2.25 bits per heavy atom. The first-order valence-electron chi connectivity index (χ1n) is 4.85. The molecule has 1 heterocycles. The number of esters is 1. The van der Waals surface area contributed by atoms with Crippen LogP contribution in [0.25, 0.3) is 0 Å². The molecule has 0 N–H and O–H groups in total. The third-order valence-electron chi connectivity index (χ3n) is 1.91. The lowest BCUT2D eigenvalue weighted by Gasteiger charge is -2.15. The molecule has 5 nitrogen and oxygen atoms in total. The molecule has 0 radical (unpaired) electrons. The van der Waals surface area contributed by atoms with Crippen molar-refractivity contribution in [2.24, 2.45) is 0 Å². The average Bonchev–Trinajstić information content (AvgIpc) is 2.28. The molecule has 0 fully saturated rings. The minimum Gasteiger partial charge on any atom is -0.462 e. The van der Waals surface area contributed by atoms with Gasteiger partial charge in [-0.15, -0.1) is 0 Å². The maximum atomic E-state index is 11.6. The van der Waals surface area contributed by atoms with Crippen LogP contribution in [-0.4, -0.2) is 31.7 Å². The van der Waals surface area contributed by atoms with Crippen LogP contribution in [0.3, 0.4) is 0 Å². The van der Waals surface area contributed by atoms with E-state index in [1.54, 1.807) is 32.0 Å². The van der Waals surface area contributed by atoms with Gasteiger partial charge in [0.1, 0.15) is 23.1 Å². The minimum atomic E-state index is -0.428. The molecular formula is C11H13N3O2. The highest BCUT2D eigenvalue weighted by Gasteiger charge is 2.15. The van der Waals surface area contributed by atoms with Gasteiger partial charge in [-0.2, -0.15) is 5.26 Å². The van der Waals surface area contributed by atoms with Crippen molar-refractivity contribution in [1.82, 2.24) is 4.98 Å². The Labute approximate surface area is 94.3 Å². The summed E-state index contributed by atoms with van der Waals surface area (Å²) in [4.78, 5) is 17.3. The summed E-state index contributed by atoms with van der Waals surface area (Å²) in [5, 5.41) is 8.73. The first-order chi connectivity index (χ1) is 7.60. The molecule has 0 aliphatic heterocycles. The highest BCUT2D eigenvalue weighted by Crippen LogP contribution is 2.17. The molecule has 1 aromatic rings. The maximum absolute atomic E-state index is 11.6. The van der Waals surface area contributed by atoms with Gasteiger partial charge in [0, 0.05) is 14.1 Å². The molecule has 1 aromatic heterocycles. The van der Waals surface area contributed by atoms with E-state index in [0.29, 0.717) is 18.0 Å². The Kier molecular flexibility index (Phi) is 3.84. The van der Waals surface area contributed by atoms with Gasteiger partial charge in [0.25, 0.3) is 0 Å². The van der Waals surface area contributed by atoms with Gasteiger partial charge in [-0.3, -0.25) is 0 Å². The van der Waals surface area contributed by atoms with Crippen LogP contribution in [0.4, 0.5) is 5.82 Å². The summed E-state index contributed by atoms with van der Waals surface area (Å²) in [6.45, 7) is 2.05. The highest BCUT2D eigenvalue weighted by molar-refractivity contribution is 5.94. The van der Waals surface area contributed by atoms with Crippen molar-refractivity contribution < 1.29 is 9.53 Å². The number of rotatable bonds is 3. The van der Waals surface area contributed by atoms with E-state index >= 15 is 0 Å². The summed E-state index contributed by atoms with van der Waals surface area (Å²) >= 11 is 0. The van der Waals surface area contributed by atoms with Gasteiger partial charge in [-0.05, 0) is 19.1 Å². The fourth-order valence-corrected chi connectivity index (χ4v) is 1.22. The van der Waals surface area contributed by atoms with Crippen molar-refractivity contribution >= 4 is 11.8 Å². The molecule has 1 rings (SSSR count). The standard InChI is InChI=1S/C11H13N3O2/c1-4-16-11(15)9-6-5-8(7-12)13-10(9)14(2)3/h5-6H,4H2,1-3H3. The van der Waals surface area contributed by atoms with E-state index < -0.39 is 5.97 Å². The number of hydrogen-bond acceptors (Lipinski definition) is 5. The number of ether oxygens (including phenoxy) is 1.